The second kappa shape index (κ2) is 18.7. The van der Waals surface area contributed by atoms with Crippen molar-refractivity contribution in [3.8, 4) is 0 Å². The SMILES string of the molecule is CC(COCCCC(OCC(C)OCCCO)S(=O)(=O)O)OCCCO.[H-].[Na+]. The first-order valence-corrected chi connectivity index (χ1v) is 10.4. The van der Waals surface area contributed by atoms with E-state index in [0.29, 0.717) is 45.7 Å². The van der Waals surface area contributed by atoms with Gasteiger partial charge in [-0.15, -0.1) is 0 Å². The molecule has 0 aromatic carbocycles. The molecule has 3 unspecified atom stereocenters. The van der Waals surface area contributed by atoms with Crippen LogP contribution in [0.5, 0.6) is 0 Å². The summed E-state index contributed by atoms with van der Waals surface area (Å²) in [7, 11) is -4.33. The van der Waals surface area contributed by atoms with E-state index in [2.05, 4.69) is 0 Å². The number of hydrogen-bond acceptors (Lipinski definition) is 8. The van der Waals surface area contributed by atoms with Crippen molar-refractivity contribution >= 4 is 10.1 Å². The third kappa shape index (κ3) is 18.4. The van der Waals surface area contributed by atoms with E-state index in [0.717, 1.165) is 0 Å². The minimum absolute atomic E-state index is 0. The number of aliphatic hydroxyl groups excluding tert-OH is 2. The van der Waals surface area contributed by atoms with Crippen molar-refractivity contribution in [3.63, 3.8) is 0 Å². The molecular formula is C16H35NaO9S. The molecule has 3 N–H and O–H groups in total. The van der Waals surface area contributed by atoms with Crippen molar-refractivity contribution in [1.82, 2.24) is 0 Å². The van der Waals surface area contributed by atoms with Gasteiger partial charge in [-0.2, -0.15) is 8.42 Å². The van der Waals surface area contributed by atoms with Crippen molar-refractivity contribution in [1.29, 1.82) is 0 Å². The molecule has 0 aromatic rings. The summed E-state index contributed by atoms with van der Waals surface area (Å²) in [4.78, 5) is 0. The average Bonchev–Trinajstić information content (AvgIpc) is 2.56. The fraction of sp³-hybridized carbons (Fsp3) is 1.00. The van der Waals surface area contributed by atoms with Gasteiger partial charge in [0.2, 0.25) is 0 Å². The Bertz CT molecular complexity index is 428. The van der Waals surface area contributed by atoms with Gasteiger partial charge in [0.15, 0.2) is 5.44 Å². The first kappa shape index (κ1) is 29.9. The molecule has 0 fully saturated rings. The first-order chi connectivity index (χ1) is 12.3. The fourth-order valence-corrected chi connectivity index (χ4v) is 2.67. The van der Waals surface area contributed by atoms with E-state index in [1.54, 1.807) is 6.92 Å². The summed E-state index contributed by atoms with van der Waals surface area (Å²) in [6.45, 7) is 5.17. The van der Waals surface area contributed by atoms with Gasteiger partial charge in [-0.05, 0) is 39.5 Å². The largest absolute Gasteiger partial charge is 1.00 e. The predicted molar refractivity (Wildman–Crippen MR) is 96.7 cm³/mol. The Morgan fingerprint density at radius 1 is 0.852 bits per heavy atom. The number of hydrogen-bond donors (Lipinski definition) is 3. The van der Waals surface area contributed by atoms with Crippen LogP contribution in [0.3, 0.4) is 0 Å². The van der Waals surface area contributed by atoms with E-state index in [4.69, 9.17) is 29.2 Å². The summed E-state index contributed by atoms with van der Waals surface area (Å²) in [5.74, 6) is 0. The summed E-state index contributed by atoms with van der Waals surface area (Å²) in [6.07, 6.45) is 1.09. The average molecular weight is 427 g/mol. The molecule has 0 rings (SSSR count). The number of ether oxygens (including phenoxy) is 4. The molecule has 0 amide bonds. The van der Waals surface area contributed by atoms with Gasteiger partial charge in [0.05, 0.1) is 25.4 Å². The Kier molecular flexibility index (Phi) is 20.7. The van der Waals surface area contributed by atoms with Crippen LogP contribution in [0.4, 0.5) is 0 Å². The van der Waals surface area contributed by atoms with Crippen LogP contribution in [-0.4, -0.2) is 87.1 Å². The molecule has 9 nitrogen and oxygen atoms in total. The van der Waals surface area contributed by atoms with Crippen LogP contribution >= 0.6 is 0 Å². The van der Waals surface area contributed by atoms with Crippen LogP contribution < -0.4 is 29.6 Å². The molecule has 0 bridgehead atoms. The van der Waals surface area contributed by atoms with Crippen LogP contribution in [0, 0.1) is 0 Å². The molecule has 11 heteroatoms. The molecule has 0 aromatic heterocycles. The van der Waals surface area contributed by atoms with Crippen molar-refractivity contribution in [2.75, 3.05) is 46.2 Å². The molecule has 0 radical (unpaired) electrons. The molecule has 27 heavy (non-hydrogen) atoms. The van der Waals surface area contributed by atoms with Crippen LogP contribution in [0.1, 0.15) is 41.0 Å². The summed E-state index contributed by atoms with van der Waals surface area (Å²) in [5.41, 5.74) is -1.33. The Morgan fingerprint density at radius 3 is 1.85 bits per heavy atom. The molecule has 0 aliphatic carbocycles. The monoisotopic (exact) mass is 426 g/mol. The summed E-state index contributed by atoms with van der Waals surface area (Å²) >= 11 is 0. The zero-order chi connectivity index (χ0) is 19.8. The van der Waals surface area contributed by atoms with Crippen LogP contribution in [0.15, 0.2) is 0 Å². The minimum atomic E-state index is -4.33. The fourth-order valence-electron chi connectivity index (χ4n) is 1.96. The molecule has 0 spiro atoms. The van der Waals surface area contributed by atoms with Gasteiger partial charge in [-0.25, -0.2) is 0 Å². The zero-order valence-electron chi connectivity index (χ0n) is 17.7. The molecule has 0 saturated carbocycles. The van der Waals surface area contributed by atoms with E-state index in [1.807, 2.05) is 6.92 Å². The van der Waals surface area contributed by atoms with Crippen molar-refractivity contribution in [3.05, 3.63) is 0 Å². The van der Waals surface area contributed by atoms with Crippen LogP contribution in [0.2, 0.25) is 0 Å². The Labute approximate surface area is 186 Å². The van der Waals surface area contributed by atoms with Crippen molar-refractivity contribution in [2.24, 2.45) is 0 Å². The maximum Gasteiger partial charge on any atom is 1.00 e. The van der Waals surface area contributed by atoms with Crippen LogP contribution in [0.25, 0.3) is 0 Å². The smallest absolute Gasteiger partial charge is 1.00 e. The molecule has 0 aliphatic rings. The van der Waals surface area contributed by atoms with Gasteiger partial charge in [0, 0.05) is 33.0 Å². The maximum atomic E-state index is 11.4. The molecular weight excluding hydrogens is 391 g/mol. The van der Waals surface area contributed by atoms with Gasteiger partial charge >= 0.3 is 29.6 Å². The number of aliphatic hydroxyl groups is 2. The first-order valence-electron chi connectivity index (χ1n) is 8.91. The topological polar surface area (TPSA) is 132 Å². The Balaban J connectivity index is -0.00000312. The number of rotatable bonds is 18. The third-order valence-electron chi connectivity index (χ3n) is 3.34. The molecule has 0 aliphatic heterocycles. The molecule has 0 saturated heterocycles. The third-order valence-corrected chi connectivity index (χ3v) is 4.38. The zero-order valence-corrected chi connectivity index (χ0v) is 19.5. The van der Waals surface area contributed by atoms with Crippen LogP contribution in [-0.2, 0) is 29.1 Å². The molecule has 0 heterocycles. The predicted octanol–water partition coefficient (Wildman–Crippen LogP) is -2.29. The van der Waals surface area contributed by atoms with Gasteiger partial charge in [-0.3, -0.25) is 4.55 Å². The van der Waals surface area contributed by atoms with E-state index < -0.39 is 15.6 Å². The van der Waals surface area contributed by atoms with Gasteiger partial charge in [0.1, 0.15) is 0 Å². The van der Waals surface area contributed by atoms with Crippen molar-refractivity contribution < 1.29 is 73.1 Å². The Hall–Kier alpha value is 0.670. The Morgan fingerprint density at radius 2 is 1.37 bits per heavy atom. The van der Waals surface area contributed by atoms with Gasteiger partial charge < -0.3 is 30.6 Å². The molecule has 160 valence electrons. The van der Waals surface area contributed by atoms with E-state index in [-0.39, 0.29) is 69.4 Å². The standard InChI is InChI=1S/C16H34O9S.Na.H/c1-14(23-10-4-7-17)12-22-9-3-6-16(26(19,20)21)25-13-15(2)24-11-5-8-18;;/h14-18H,3-13H2,1-2H3,(H,19,20,21);;/q;+1;-1. The van der Waals surface area contributed by atoms with E-state index in [1.165, 1.54) is 0 Å². The van der Waals surface area contributed by atoms with Crippen molar-refractivity contribution in [2.45, 2.75) is 57.2 Å². The molecule has 3 atom stereocenters. The maximum absolute atomic E-state index is 11.4. The summed E-state index contributed by atoms with van der Waals surface area (Å²) in [5, 5.41) is 17.3. The van der Waals surface area contributed by atoms with Gasteiger partial charge in [0.25, 0.3) is 10.1 Å². The second-order valence-electron chi connectivity index (χ2n) is 6.01. The minimum Gasteiger partial charge on any atom is -1.00 e. The van der Waals surface area contributed by atoms with E-state index >= 15 is 0 Å². The summed E-state index contributed by atoms with van der Waals surface area (Å²) < 4.78 is 53.5. The quantitative estimate of drug-likeness (QED) is 0.126. The summed E-state index contributed by atoms with van der Waals surface area (Å²) in [6, 6.07) is 0. The second-order valence-corrected chi connectivity index (χ2v) is 7.57. The normalized spacial score (nSPS) is 15.1. The van der Waals surface area contributed by atoms with E-state index in [9.17, 15) is 13.0 Å². The van der Waals surface area contributed by atoms with Gasteiger partial charge in [-0.1, -0.05) is 0 Å².